The van der Waals surface area contributed by atoms with Crippen molar-refractivity contribution in [3.63, 3.8) is 0 Å². The van der Waals surface area contributed by atoms with Crippen LogP contribution in [0.2, 0.25) is 0 Å². The van der Waals surface area contributed by atoms with E-state index >= 15 is 0 Å². The van der Waals surface area contributed by atoms with Crippen molar-refractivity contribution >= 4 is 0 Å². The fourth-order valence-electron chi connectivity index (χ4n) is 3.72. The predicted octanol–water partition coefficient (Wildman–Crippen LogP) is 4.26. The third-order valence-corrected chi connectivity index (χ3v) is 5.59. The van der Waals surface area contributed by atoms with Gasteiger partial charge in [0.2, 0.25) is 0 Å². The Morgan fingerprint density at radius 2 is 1.71 bits per heavy atom. The van der Waals surface area contributed by atoms with Crippen LogP contribution in [0.15, 0.2) is 0 Å². The van der Waals surface area contributed by atoms with E-state index < -0.39 is 23.6 Å². The lowest BCUT2D eigenvalue weighted by atomic mass is 9.59. The SMILES string of the molecule is CC(C)C1CCC(CN)(C(C)(O)CCCC(F)(F)F)CC1. The van der Waals surface area contributed by atoms with E-state index in [-0.39, 0.29) is 12.8 Å². The van der Waals surface area contributed by atoms with Crippen molar-refractivity contribution in [2.45, 2.75) is 77.5 Å². The first-order valence-electron chi connectivity index (χ1n) is 8.02. The van der Waals surface area contributed by atoms with Crippen LogP contribution < -0.4 is 5.73 Å². The lowest BCUT2D eigenvalue weighted by Crippen LogP contribution is -2.53. The molecule has 0 bridgehead atoms. The summed E-state index contributed by atoms with van der Waals surface area (Å²) < 4.78 is 36.9. The van der Waals surface area contributed by atoms with E-state index in [4.69, 9.17) is 5.73 Å². The third kappa shape index (κ3) is 4.85. The topological polar surface area (TPSA) is 46.2 Å². The van der Waals surface area contributed by atoms with Gasteiger partial charge in [0.05, 0.1) is 5.60 Å². The summed E-state index contributed by atoms with van der Waals surface area (Å²) in [5, 5.41) is 10.8. The number of alkyl halides is 3. The fourth-order valence-corrected chi connectivity index (χ4v) is 3.72. The van der Waals surface area contributed by atoms with Crippen LogP contribution in [0.3, 0.4) is 0 Å². The Morgan fingerprint density at radius 3 is 2.10 bits per heavy atom. The fraction of sp³-hybridized carbons (Fsp3) is 1.00. The molecule has 0 amide bonds. The van der Waals surface area contributed by atoms with Crippen LogP contribution >= 0.6 is 0 Å². The lowest BCUT2D eigenvalue weighted by molar-refractivity contribution is -0.144. The average Bonchev–Trinajstić information content (AvgIpc) is 2.36. The molecular formula is C16H30F3NO. The highest BCUT2D eigenvalue weighted by Crippen LogP contribution is 2.49. The molecule has 5 heteroatoms. The van der Waals surface area contributed by atoms with Gasteiger partial charge in [0, 0.05) is 18.4 Å². The lowest BCUT2D eigenvalue weighted by Gasteiger charge is -2.49. The van der Waals surface area contributed by atoms with Gasteiger partial charge in [-0.2, -0.15) is 13.2 Å². The molecule has 1 unspecified atom stereocenters. The van der Waals surface area contributed by atoms with Crippen LogP contribution in [0.4, 0.5) is 13.2 Å². The highest BCUT2D eigenvalue weighted by Gasteiger charge is 2.48. The monoisotopic (exact) mass is 309 g/mol. The first kappa shape index (κ1) is 18.8. The molecule has 0 saturated heterocycles. The van der Waals surface area contributed by atoms with Gasteiger partial charge < -0.3 is 10.8 Å². The summed E-state index contributed by atoms with van der Waals surface area (Å²) in [4.78, 5) is 0. The minimum absolute atomic E-state index is 0.0359. The van der Waals surface area contributed by atoms with E-state index in [9.17, 15) is 18.3 Å². The molecule has 0 aromatic heterocycles. The van der Waals surface area contributed by atoms with Gasteiger partial charge in [-0.3, -0.25) is 0 Å². The van der Waals surface area contributed by atoms with Gasteiger partial charge >= 0.3 is 6.18 Å². The molecule has 21 heavy (non-hydrogen) atoms. The third-order valence-electron chi connectivity index (χ3n) is 5.59. The number of nitrogens with two attached hydrogens (primary N) is 1. The second-order valence-electron chi connectivity index (χ2n) is 7.31. The first-order chi connectivity index (χ1) is 9.53. The smallest absolute Gasteiger partial charge is 0.389 e. The van der Waals surface area contributed by atoms with Gasteiger partial charge in [0.1, 0.15) is 0 Å². The molecule has 0 aromatic rings. The molecule has 1 aliphatic carbocycles. The second kappa shape index (κ2) is 6.86. The molecule has 2 nitrogen and oxygen atoms in total. The van der Waals surface area contributed by atoms with Crippen LogP contribution in [0.5, 0.6) is 0 Å². The first-order valence-corrected chi connectivity index (χ1v) is 8.02. The second-order valence-corrected chi connectivity index (χ2v) is 7.31. The van der Waals surface area contributed by atoms with Crippen molar-refractivity contribution in [1.82, 2.24) is 0 Å². The molecule has 0 aliphatic heterocycles. The highest BCUT2D eigenvalue weighted by atomic mass is 19.4. The summed E-state index contributed by atoms with van der Waals surface area (Å²) in [6, 6.07) is 0. The van der Waals surface area contributed by atoms with Crippen LogP contribution in [0.25, 0.3) is 0 Å². The van der Waals surface area contributed by atoms with Gasteiger partial charge in [0.15, 0.2) is 0 Å². The minimum Gasteiger partial charge on any atom is -0.390 e. The predicted molar refractivity (Wildman–Crippen MR) is 78.8 cm³/mol. The molecule has 1 aliphatic rings. The maximum Gasteiger partial charge on any atom is 0.389 e. The molecule has 0 aromatic carbocycles. The number of hydrogen-bond donors (Lipinski definition) is 2. The minimum atomic E-state index is -4.15. The maximum absolute atomic E-state index is 12.3. The van der Waals surface area contributed by atoms with Crippen molar-refractivity contribution in [1.29, 1.82) is 0 Å². The van der Waals surface area contributed by atoms with Crippen molar-refractivity contribution in [3.8, 4) is 0 Å². The number of halogens is 3. The zero-order chi connectivity index (χ0) is 16.3. The molecule has 0 spiro atoms. The summed E-state index contributed by atoms with van der Waals surface area (Å²) in [5.41, 5.74) is 4.38. The molecule has 1 atom stereocenters. The van der Waals surface area contributed by atoms with Crippen LogP contribution in [0, 0.1) is 17.3 Å². The van der Waals surface area contributed by atoms with Gasteiger partial charge in [-0.25, -0.2) is 0 Å². The van der Waals surface area contributed by atoms with Gasteiger partial charge in [0.25, 0.3) is 0 Å². The molecule has 3 N–H and O–H groups in total. The summed E-state index contributed by atoms with van der Waals surface area (Å²) >= 11 is 0. The summed E-state index contributed by atoms with van der Waals surface area (Å²) in [5.74, 6) is 1.24. The molecular weight excluding hydrogens is 279 g/mol. The van der Waals surface area contributed by atoms with E-state index in [1.807, 2.05) is 0 Å². The van der Waals surface area contributed by atoms with Crippen LogP contribution in [-0.4, -0.2) is 23.4 Å². The van der Waals surface area contributed by atoms with Gasteiger partial charge in [-0.05, 0) is 57.3 Å². The van der Waals surface area contributed by atoms with Crippen LogP contribution in [-0.2, 0) is 0 Å². The standard InChI is InChI=1S/C16H30F3NO/c1-12(2)13-5-9-15(11-20,10-6-13)14(3,21)7-4-8-16(17,18)19/h12-13,21H,4-11,20H2,1-3H3. The average molecular weight is 309 g/mol. The van der Waals surface area contributed by atoms with Crippen molar-refractivity contribution in [3.05, 3.63) is 0 Å². The summed E-state index contributed by atoms with van der Waals surface area (Å²) in [6.45, 7) is 6.41. The largest absolute Gasteiger partial charge is 0.390 e. The molecule has 0 radical (unpaired) electrons. The van der Waals surface area contributed by atoms with E-state index in [0.29, 0.717) is 18.4 Å². The summed E-state index contributed by atoms with van der Waals surface area (Å²) in [6.07, 6.45) is -1.23. The Labute approximate surface area is 126 Å². The Balaban J connectivity index is 2.65. The number of rotatable bonds is 6. The van der Waals surface area contributed by atoms with Crippen molar-refractivity contribution < 1.29 is 18.3 Å². The molecule has 1 fully saturated rings. The quantitative estimate of drug-likeness (QED) is 0.770. The normalized spacial score (nSPS) is 30.4. The highest BCUT2D eigenvalue weighted by molar-refractivity contribution is 4.99. The van der Waals surface area contributed by atoms with Gasteiger partial charge in [-0.15, -0.1) is 0 Å². The van der Waals surface area contributed by atoms with E-state index in [2.05, 4.69) is 13.8 Å². The summed E-state index contributed by atoms with van der Waals surface area (Å²) in [7, 11) is 0. The zero-order valence-electron chi connectivity index (χ0n) is 13.5. The van der Waals surface area contributed by atoms with E-state index in [1.165, 1.54) is 0 Å². The van der Waals surface area contributed by atoms with Crippen LogP contribution in [0.1, 0.15) is 65.7 Å². The Bertz CT molecular complexity index is 318. The molecule has 1 rings (SSSR count). The number of aliphatic hydroxyl groups is 1. The molecule has 0 heterocycles. The Hall–Kier alpha value is -0.290. The zero-order valence-corrected chi connectivity index (χ0v) is 13.5. The van der Waals surface area contributed by atoms with Gasteiger partial charge in [-0.1, -0.05) is 13.8 Å². The molecule has 126 valence electrons. The van der Waals surface area contributed by atoms with Crippen molar-refractivity contribution in [2.75, 3.05) is 6.54 Å². The van der Waals surface area contributed by atoms with E-state index in [1.54, 1.807) is 6.92 Å². The van der Waals surface area contributed by atoms with E-state index in [0.717, 1.165) is 25.7 Å². The molecule has 1 saturated carbocycles. The maximum atomic E-state index is 12.3. The number of hydrogen-bond acceptors (Lipinski definition) is 2. The Morgan fingerprint density at radius 1 is 1.19 bits per heavy atom. The van der Waals surface area contributed by atoms with Crippen molar-refractivity contribution in [2.24, 2.45) is 23.0 Å². The Kier molecular flexibility index (Phi) is 6.13.